The average molecular weight is 290 g/mol. The Kier molecular flexibility index (Phi) is 4.50. The summed E-state index contributed by atoms with van der Waals surface area (Å²) >= 11 is 0. The lowest BCUT2D eigenvalue weighted by atomic mass is 10.1. The summed E-state index contributed by atoms with van der Waals surface area (Å²) in [7, 11) is 0. The molecule has 1 aromatic carbocycles. The number of rotatable bonds is 6. The molecule has 1 aliphatic rings. The predicted molar refractivity (Wildman–Crippen MR) is 81.5 cm³/mol. The summed E-state index contributed by atoms with van der Waals surface area (Å²) < 4.78 is 0. The molecule has 0 spiro atoms. The van der Waals surface area contributed by atoms with Crippen LogP contribution in [0.1, 0.15) is 31.7 Å². The van der Waals surface area contributed by atoms with E-state index in [1.165, 1.54) is 4.90 Å². The van der Waals surface area contributed by atoms with Gasteiger partial charge < -0.3 is 10.4 Å². The molecule has 1 aromatic rings. The summed E-state index contributed by atoms with van der Waals surface area (Å²) in [5.41, 5.74) is 1.94. The van der Waals surface area contributed by atoms with Gasteiger partial charge in [0.25, 0.3) is 0 Å². The zero-order chi connectivity index (χ0) is 15.5. The van der Waals surface area contributed by atoms with E-state index in [1.807, 2.05) is 31.2 Å². The van der Waals surface area contributed by atoms with Crippen molar-refractivity contribution in [2.24, 2.45) is 5.41 Å². The minimum atomic E-state index is -0.907. The van der Waals surface area contributed by atoms with E-state index in [0.717, 1.165) is 24.1 Å². The number of para-hydroxylation sites is 1. The number of nitrogens with one attached hydrogen (secondary N) is 1. The van der Waals surface area contributed by atoms with Gasteiger partial charge in [-0.3, -0.25) is 9.69 Å². The highest BCUT2D eigenvalue weighted by Crippen LogP contribution is 2.44. The van der Waals surface area contributed by atoms with Crippen molar-refractivity contribution < 1.29 is 14.7 Å². The van der Waals surface area contributed by atoms with E-state index in [1.54, 1.807) is 0 Å². The van der Waals surface area contributed by atoms with Crippen molar-refractivity contribution in [2.75, 3.05) is 18.0 Å². The number of urea groups is 1. The second kappa shape index (κ2) is 6.16. The Hall–Kier alpha value is -2.04. The Labute approximate surface area is 125 Å². The van der Waals surface area contributed by atoms with E-state index in [2.05, 4.69) is 12.2 Å². The Bertz CT molecular complexity index is 538. The van der Waals surface area contributed by atoms with E-state index in [-0.39, 0.29) is 24.4 Å². The molecule has 1 aliphatic carbocycles. The number of amides is 2. The van der Waals surface area contributed by atoms with Crippen LogP contribution in [0.3, 0.4) is 0 Å². The van der Waals surface area contributed by atoms with Crippen molar-refractivity contribution in [1.82, 2.24) is 5.32 Å². The lowest BCUT2D eigenvalue weighted by molar-refractivity contribution is -0.136. The molecule has 5 nitrogen and oxygen atoms in total. The number of carbonyl (C=O) groups is 2. The van der Waals surface area contributed by atoms with Crippen molar-refractivity contribution >= 4 is 17.7 Å². The second-order valence-electron chi connectivity index (χ2n) is 6.05. The number of carboxylic acids is 1. The molecule has 0 unspecified atom stereocenters. The maximum Gasteiger partial charge on any atom is 0.321 e. The quantitative estimate of drug-likeness (QED) is 0.846. The molecule has 2 rings (SSSR count). The van der Waals surface area contributed by atoms with Gasteiger partial charge in [0, 0.05) is 18.8 Å². The highest BCUT2D eigenvalue weighted by molar-refractivity contribution is 5.93. The van der Waals surface area contributed by atoms with Gasteiger partial charge in [-0.1, -0.05) is 25.1 Å². The number of aliphatic carboxylic acids is 1. The molecule has 5 heteroatoms. The zero-order valence-electron chi connectivity index (χ0n) is 12.6. The van der Waals surface area contributed by atoms with Crippen molar-refractivity contribution in [3.8, 4) is 0 Å². The molecule has 1 fully saturated rings. The van der Waals surface area contributed by atoms with Gasteiger partial charge in [0.2, 0.25) is 0 Å². The van der Waals surface area contributed by atoms with Crippen LogP contribution in [-0.4, -0.2) is 30.2 Å². The Morgan fingerprint density at radius 2 is 2.00 bits per heavy atom. The lowest BCUT2D eigenvalue weighted by Gasteiger charge is -2.25. The molecule has 0 aliphatic heterocycles. The van der Waals surface area contributed by atoms with Gasteiger partial charge in [0.05, 0.1) is 6.42 Å². The molecule has 0 bridgehead atoms. The molecular formula is C16H22N2O3. The van der Waals surface area contributed by atoms with Gasteiger partial charge in [-0.15, -0.1) is 0 Å². The van der Waals surface area contributed by atoms with Gasteiger partial charge in [-0.05, 0) is 36.8 Å². The molecule has 0 radical (unpaired) electrons. The summed E-state index contributed by atoms with van der Waals surface area (Å²) in [5.74, 6) is -0.907. The SMILES string of the molecule is Cc1ccccc1N(CCC(=O)O)C(=O)NCC1(C)CC1. The first-order chi connectivity index (χ1) is 9.91. The van der Waals surface area contributed by atoms with Crippen LogP contribution >= 0.6 is 0 Å². The fourth-order valence-electron chi connectivity index (χ4n) is 2.18. The highest BCUT2D eigenvalue weighted by Gasteiger charge is 2.37. The van der Waals surface area contributed by atoms with E-state index in [4.69, 9.17) is 5.11 Å². The number of benzene rings is 1. The standard InChI is InChI=1S/C16H22N2O3/c1-12-5-3-4-6-13(12)18(10-7-14(19)20)15(21)17-11-16(2)8-9-16/h3-6H,7-11H2,1-2H3,(H,17,21)(H,19,20). The van der Waals surface area contributed by atoms with Crippen LogP contribution in [0.5, 0.6) is 0 Å². The summed E-state index contributed by atoms with van der Waals surface area (Å²) in [6, 6.07) is 7.29. The topological polar surface area (TPSA) is 69.6 Å². The normalized spacial score (nSPS) is 15.3. The van der Waals surface area contributed by atoms with E-state index in [9.17, 15) is 9.59 Å². The molecule has 0 saturated heterocycles. The number of anilines is 1. The molecule has 0 atom stereocenters. The van der Waals surface area contributed by atoms with Crippen molar-refractivity contribution in [3.05, 3.63) is 29.8 Å². The van der Waals surface area contributed by atoms with Gasteiger partial charge in [0.1, 0.15) is 0 Å². The first kappa shape index (κ1) is 15.4. The Balaban J connectivity index is 2.09. The van der Waals surface area contributed by atoms with Gasteiger partial charge in [-0.25, -0.2) is 4.79 Å². The average Bonchev–Trinajstić information content (AvgIpc) is 3.17. The lowest BCUT2D eigenvalue weighted by Crippen LogP contribution is -2.43. The van der Waals surface area contributed by atoms with E-state index < -0.39 is 5.97 Å². The summed E-state index contributed by atoms with van der Waals surface area (Å²) in [5, 5.41) is 11.8. The number of nitrogens with zero attached hydrogens (tertiary/aromatic N) is 1. The van der Waals surface area contributed by atoms with Crippen LogP contribution in [-0.2, 0) is 4.79 Å². The molecule has 2 amide bonds. The monoisotopic (exact) mass is 290 g/mol. The predicted octanol–water partition coefficient (Wildman–Crippen LogP) is 2.79. The second-order valence-corrected chi connectivity index (χ2v) is 6.05. The summed E-state index contributed by atoms with van der Waals surface area (Å²) in [4.78, 5) is 24.7. The number of aryl methyl sites for hydroxylation is 1. The van der Waals surface area contributed by atoms with Gasteiger partial charge in [0.15, 0.2) is 0 Å². The maximum absolute atomic E-state index is 12.4. The first-order valence-electron chi connectivity index (χ1n) is 7.24. The molecule has 0 aromatic heterocycles. The number of hydrogen-bond acceptors (Lipinski definition) is 2. The van der Waals surface area contributed by atoms with Crippen LogP contribution in [0.4, 0.5) is 10.5 Å². The van der Waals surface area contributed by atoms with Crippen LogP contribution in [0.2, 0.25) is 0 Å². The fraction of sp³-hybridized carbons (Fsp3) is 0.500. The third-order valence-corrected chi connectivity index (χ3v) is 3.97. The zero-order valence-corrected chi connectivity index (χ0v) is 12.6. The van der Waals surface area contributed by atoms with E-state index >= 15 is 0 Å². The van der Waals surface area contributed by atoms with Gasteiger partial charge >= 0.3 is 12.0 Å². The first-order valence-corrected chi connectivity index (χ1v) is 7.24. The van der Waals surface area contributed by atoms with Crippen molar-refractivity contribution in [2.45, 2.75) is 33.1 Å². The minimum Gasteiger partial charge on any atom is -0.481 e. The largest absolute Gasteiger partial charge is 0.481 e. The third kappa shape index (κ3) is 4.21. The van der Waals surface area contributed by atoms with Crippen LogP contribution in [0.25, 0.3) is 0 Å². The summed E-state index contributed by atoms with van der Waals surface area (Å²) in [6.45, 7) is 4.87. The smallest absolute Gasteiger partial charge is 0.321 e. The van der Waals surface area contributed by atoms with Crippen molar-refractivity contribution in [3.63, 3.8) is 0 Å². The van der Waals surface area contributed by atoms with Crippen molar-refractivity contribution in [1.29, 1.82) is 0 Å². The maximum atomic E-state index is 12.4. The minimum absolute atomic E-state index is 0.0704. The Morgan fingerprint density at radius 1 is 1.33 bits per heavy atom. The van der Waals surface area contributed by atoms with Gasteiger partial charge in [-0.2, -0.15) is 0 Å². The van der Waals surface area contributed by atoms with Crippen LogP contribution < -0.4 is 10.2 Å². The molecule has 2 N–H and O–H groups in total. The molecule has 21 heavy (non-hydrogen) atoms. The van der Waals surface area contributed by atoms with Crippen LogP contribution in [0, 0.1) is 12.3 Å². The fourth-order valence-corrected chi connectivity index (χ4v) is 2.18. The number of hydrogen-bond donors (Lipinski definition) is 2. The molecule has 1 saturated carbocycles. The molecular weight excluding hydrogens is 268 g/mol. The van der Waals surface area contributed by atoms with Crippen LogP contribution in [0.15, 0.2) is 24.3 Å². The highest BCUT2D eigenvalue weighted by atomic mass is 16.4. The van der Waals surface area contributed by atoms with E-state index in [0.29, 0.717) is 6.54 Å². The molecule has 0 heterocycles. The number of carbonyl (C=O) groups excluding carboxylic acids is 1. The summed E-state index contributed by atoms with van der Waals surface area (Å²) in [6.07, 6.45) is 2.19. The third-order valence-electron chi connectivity index (χ3n) is 3.97. The molecule has 114 valence electrons. The number of carboxylic acid groups (broad SMARTS) is 1. The Morgan fingerprint density at radius 3 is 2.57 bits per heavy atom.